The van der Waals surface area contributed by atoms with Gasteiger partial charge in [-0.05, 0) is 54.1 Å². The van der Waals surface area contributed by atoms with E-state index in [0.29, 0.717) is 32.0 Å². The summed E-state index contributed by atoms with van der Waals surface area (Å²) in [6.07, 6.45) is 1.13. The topological polar surface area (TPSA) is 66.5 Å². The molecule has 0 aliphatic rings. The van der Waals surface area contributed by atoms with Gasteiger partial charge in [0.2, 0.25) is 10.0 Å². The van der Waals surface area contributed by atoms with Gasteiger partial charge in [-0.25, -0.2) is 8.42 Å². The van der Waals surface area contributed by atoms with Gasteiger partial charge in [0.1, 0.15) is 0 Å². The summed E-state index contributed by atoms with van der Waals surface area (Å²) in [4.78, 5) is 12.5. The number of carbonyl (C=O) groups is 1. The largest absolute Gasteiger partial charge is 0.319 e. The highest BCUT2D eigenvalue weighted by atomic mass is 35.5. The third-order valence-corrected chi connectivity index (χ3v) is 6.28. The van der Waals surface area contributed by atoms with Crippen molar-refractivity contribution in [3.8, 4) is 0 Å². The number of halogens is 3. The van der Waals surface area contributed by atoms with Gasteiger partial charge in [-0.1, -0.05) is 53.0 Å². The van der Waals surface area contributed by atoms with Crippen molar-refractivity contribution < 1.29 is 13.2 Å². The van der Waals surface area contributed by atoms with E-state index in [1.165, 1.54) is 16.4 Å². The molecule has 3 rings (SSSR count). The second-order valence-corrected chi connectivity index (χ2v) is 9.65. The molecule has 0 saturated heterocycles. The first-order valence-electron chi connectivity index (χ1n) is 8.73. The van der Waals surface area contributed by atoms with Crippen LogP contribution in [-0.4, -0.2) is 20.6 Å². The number of rotatable bonds is 6. The predicted molar refractivity (Wildman–Crippen MR) is 123 cm³/mol. The summed E-state index contributed by atoms with van der Waals surface area (Å²) in [5.41, 5.74) is 1.85. The molecule has 3 aromatic carbocycles. The number of nitrogens with one attached hydrogen (secondary N) is 1. The van der Waals surface area contributed by atoms with Crippen LogP contribution < -0.4 is 9.62 Å². The van der Waals surface area contributed by atoms with E-state index in [-0.39, 0.29) is 6.54 Å². The summed E-state index contributed by atoms with van der Waals surface area (Å²) >= 11 is 18.1. The highest BCUT2D eigenvalue weighted by Gasteiger charge is 2.19. The third kappa shape index (κ3) is 5.46. The highest BCUT2D eigenvalue weighted by molar-refractivity contribution is 7.92. The van der Waals surface area contributed by atoms with E-state index in [4.69, 9.17) is 34.8 Å². The molecular formula is C21H17Cl3N2O3S. The summed E-state index contributed by atoms with van der Waals surface area (Å²) in [5.74, 6) is -0.417. The first-order valence-corrected chi connectivity index (χ1v) is 11.7. The Morgan fingerprint density at radius 1 is 0.900 bits per heavy atom. The molecule has 0 atom stereocenters. The lowest BCUT2D eigenvalue weighted by atomic mass is 10.1. The third-order valence-electron chi connectivity index (χ3n) is 4.26. The average molecular weight is 484 g/mol. The van der Waals surface area contributed by atoms with Crippen molar-refractivity contribution in [2.45, 2.75) is 6.54 Å². The minimum Gasteiger partial charge on any atom is -0.319 e. The van der Waals surface area contributed by atoms with E-state index in [1.807, 2.05) is 0 Å². The SMILES string of the molecule is CS(=O)(=O)N(Cc1ccc(Cl)cc1)c1ccc(C(=O)Nc2c(Cl)cccc2Cl)cc1. The van der Waals surface area contributed by atoms with E-state index in [0.717, 1.165) is 11.8 Å². The zero-order valence-corrected chi connectivity index (χ0v) is 18.9. The molecule has 0 fully saturated rings. The van der Waals surface area contributed by atoms with Crippen LogP contribution in [0, 0.1) is 0 Å². The molecule has 0 unspecified atom stereocenters. The summed E-state index contributed by atoms with van der Waals surface area (Å²) in [7, 11) is -3.55. The van der Waals surface area contributed by atoms with Crippen LogP contribution in [0.15, 0.2) is 66.7 Å². The number of sulfonamides is 1. The molecule has 0 aliphatic heterocycles. The number of hydrogen-bond donors (Lipinski definition) is 1. The number of para-hydroxylation sites is 1. The number of carbonyl (C=O) groups excluding carboxylic acids is 1. The van der Waals surface area contributed by atoms with Gasteiger partial charge in [-0.3, -0.25) is 9.10 Å². The van der Waals surface area contributed by atoms with Gasteiger partial charge in [-0.15, -0.1) is 0 Å². The van der Waals surface area contributed by atoms with Crippen molar-refractivity contribution in [1.29, 1.82) is 0 Å². The Balaban J connectivity index is 1.82. The van der Waals surface area contributed by atoms with Crippen molar-refractivity contribution in [1.82, 2.24) is 0 Å². The molecule has 1 N–H and O–H groups in total. The van der Waals surface area contributed by atoms with Crippen molar-refractivity contribution in [2.24, 2.45) is 0 Å². The Kier molecular flexibility index (Phi) is 6.93. The van der Waals surface area contributed by atoms with Crippen LogP contribution in [0.4, 0.5) is 11.4 Å². The van der Waals surface area contributed by atoms with Crippen LogP contribution in [0.5, 0.6) is 0 Å². The van der Waals surface area contributed by atoms with E-state index in [2.05, 4.69) is 5.32 Å². The van der Waals surface area contributed by atoms with Gasteiger partial charge in [0.05, 0.1) is 34.2 Å². The minimum absolute atomic E-state index is 0.136. The molecule has 5 nitrogen and oxygen atoms in total. The normalized spacial score (nSPS) is 11.2. The molecular weight excluding hydrogens is 467 g/mol. The number of benzene rings is 3. The molecule has 0 bridgehead atoms. The maximum absolute atomic E-state index is 12.5. The van der Waals surface area contributed by atoms with E-state index < -0.39 is 15.9 Å². The Morgan fingerprint density at radius 3 is 2.00 bits per heavy atom. The van der Waals surface area contributed by atoms with Gasteiger partial charge in [0.25, 0.3) is 5.91 Å². The molecule has 0 aliphatic carbocycles. The molecule has 9 heteroatoms. The maximum atomic E-state index is 12.5. The predicted octanol–water partition coefficient (Wildman–Crippen LogP) is 5.87. The van der Waals surface area contributed by atoms with Crippen LogP contribution in [-0.2, 0) is 16.6 Å². The van der Waals surface area contributed by atoms with Crippen LogP contribution in [0.25, 0.3) is 0 Å². The fourth-order valence-corrected chi connectivity index (χ4v) is 4.24. The Bertz CT molecular complexity index is 1140. The van der Waals surface area contributed by atoms with E-state index in [1.54, 1.807) is 54.6 Å². The van der Waals surface area contributed by atoms with E-state index in [9.17, 15) is 13.2 Å². The molecule has 0 radical (unpaired) electrons. The fourth-order valence-electron chi connectivity index (χ4n) is 2.74. The second-order valence-electron chi connectivity index (χ2n) is 6.49. The number of anilines is 2. The first kappa shape index (κ1) is 22.4. The zero-order valence-electron chi connectivity index (χ0n) is 15.8. The Hall–Kier alpha value is -2.25. The summed E-state index contributed by atoms with van der Waals surface area (Å²) in [6, 6.07) is 18.0. The van der Waals surface area contributed by atoms with Crippen LogP contribution in [0.2, 0.25) is 15.1 Å². The van der Waals surface area contributed by atoms with Gasteiger partial charge in [-0.2, -0.15) is 0 Å². The molecule has 0 spiro atoms. The van der Waals surface area contributed by atoms with Crippen molar-refractivity contribution in [3.63, 3.8) is 0 Å². The van der Waals surface area contributed by atoms with Gasteiger partial charge < -0.3 is 5.32 Å². The fraction of sp³-hybridized carbons (Fsp3) is 0.0952. The van der Waals surface area contributed by atoms with Gasteiger partial charge in [0.15, 0.2) is 0 Å². The number of amides is 1. The van der Waals surface area contributed by atoms with Crippen LogP contribution >= 0.6 is 34.8 Å². The Morgan fingerprint density at radius 2 is 1.47 bits per heavy atom. The lowest BCUT2D eigenvalue weighted by molar-refractivity contribution is 0.102. The monoisotopic (exact) mass is 482 g/mol. The Labute approximate surface area is 190 Å². The average Bonchev–Trinajstić information content (AvgIpc) is 2.69. The van der Waals surface area contributed by atoms with Crippen molar-refractivity contribution >= 4 is 62.1 Å². The summed E-state index contributed by atoms with van der Waals surface area (Å²) in [5, 5.41) is 3.88. The number of hydrogen-bond acceptors (Lipinski definition) is 3. The molecule has 0 saturated carbocycles. The molecule has 30 heavy (non-hydrogen) atoms. The lowest BCUT2D eigenvalue weighted by Crippen LogP contribution is -2.29. The molecule has 0 aromatic heterocycles. The molecule has 0 heterocycles. The highest BCUT2D eigenvalue weighted by Crippen LogP contribution is 2.30. The smallest absolute Gasteiger partial charge is 0.255 e. The van der Waals surface area contributed by atoms with Crippen molar-refractivity contribution in [2.75, 3.05) is 15.9 Å². The van der Waals surface area contributed by atoms with Gasteiger partial charge in [0, 0.05) is 10.6 Å². The zero-order chi connectivity index (χ0) is 21.9. The summed E-state index contributed by atoms with van der Waals surface area (Å²) in [6.45, 7) is 0.136. The minimum atomic E-state index is -3.55. The molecule has 1 amide bonds. The molecule has 3 aromatic rings. The first-order chi connectivity index (χ1) is 14.1. The standard InChI is InChI=1S/C21H17Cl3N2O3S/c1-30(28,29)26(13-14-5-9-16(22)10-6-14)17-11-7-15(8-12-17)21(27)25-20-18(23)3-2-4-19(20)24/h2-12H,13H2,1H3,(H,25,27). The second kappa shape index (κ2) is 9.27. The van der Waals surface area contributed by atoms with Crippen LogP contribution in [0.3, 0.4) is 0 Å². The van der Waals surface area contributed by atoms with Crippen molar-refractivity contribution in [3.05, 3.63) is 92.9 Å². The lowest BCUT2D eigenvalue weighted by Gasteiger charge is -2.23. The number of nitrogens with zero attached hydrogens (tertiary/aromatic N) is 1. The van der Waals surface area contributed by atoms with Gasteiger partial charge >= 0.3 is 0 Å². The maximum Gasteiger partial charge on any atom is 0.255 e. The van der Waals surface area contributed by atoms with Crippen LogP contribution in [0.1, 0.15) is 15.9 Å². The molecule has 156 valence electrons. The van der Waals surface area contributed by atoms with E-state index >= 15 is 0 Å². The summed E-state index contributed by atoms with van der Waals surface area (Å²) < 4.78 is 25.9. The quantitative estimate of drug-likeness (QED) is 0.477.